The molecule has 4 nitrogen and oxygen atoms in total. The molecule has 0 fully saturated rings. The molecule has 0 spiro atoms. The lowest BCUT2D eigenvalue weighted by atomic mass is 10.3. The summed E-state index contributed by atoms with van der Waals surface area (Å²) in [6.45, 7) is 0.919. The summed E-state index contributed by atoms with van der Waals surface area (Å²) in [5.74, 6) is 0.459. The van der Waals surface area contributed by atoms with Gasteiger partial charge in [0, 0.05) is 18.1 Å². The van der Waals surface area contributed by atoms with Crippen LogP contribution in [0.15, 0.2) is 41.8 Å². The smallest absolute Gasteiger partial charge is 0.172 e. The van der Waals surface area contributed by atoms with Crippen molar-refractivity contribution in [3.05, 3.63) is 42.5 Å². The zero-order chi connectivity index (χ0) is 13.5. The molecule has 0 saturated heterocycles. The first-order chi connectivity index (χ1) is 9.31. The summed E-state index contributed by atoms with van der Waals surface area (Å²) in [5, 5.41) is 9.37. The molecule has 102 valence electrons. The van der Waals surface area contributed by atoms with Crippen LogP contribution >= 0.6 is 11.8 Å². The molecule has 0 aliphatic carbocycles. The lowest BCUT2D eigenvalue weighted by molar-refractivity contribution is 0.103. The highest BCUT2D eigenvalue weighted by Gasteiger charge is 2.06. The second-order valence-electron chi connectivity index (χ2n) is 3.74. The van der Waals surface area contributed by atoms with Crippen LogP contribution in [0.3, 0.4) is 0 Å². The van der Waals surface area contributed by atoms with Crippen molar-refractivity contribution in [2.75, 3.05) is 25.6 Å². The number of halogens is 1. The van der Waals surface area contributed by atoms with Gasteiger partial charge in [-0.1, -0.05) is 17.8 Å². The summed E-state index contributed by atoms with van der Waals surface area (Å²) in [6.07, 6.45) is 3.48. The first-order valence-corrected chi connectivity index (χ1v) is 6.90. The molecule has 0 amide bonds. The van der Waals surface area contributed by atoms with Gasteiger partial charge in [-0.2, -0.15) is 0 Å². The number of nitrogens with zero attached hydrogens (tertiary/aromatic N) is 2. The molecular formula is C13H15FN2O2S. The van der Waals surface area contributed by atoms with Crippen LogP contribution in [-0.4, -0.2) is 40.2 Å². The third kappa shape index (κ3) is 4.05. The molecule has 0 bridgehead atoms. The van der Waals surface area contributed by atoms with Crippen molar-refractivity contribution in [3.63, 3.8) is 0 Å². The highest BCUT2D eigenvalue weighted by atomic mass is 32.2. The van der Waals surface area contributed by atoms with Gasteiger partial charge >= 0.3 is 0 Å². The van der Waals surface area contributed by atoms with Crippen LogP contribution in [0.5, 0.6) is 0 Å². The summed E-state index contributed by atoms with van der Waals surface area (Å²) in [5.41, 5.74) is 0.747. The van der Waals surface area contributed by atoms with Gasteiger partial charge in [-0.05, 0) is 18.2 Å². The van der Waals surface area contributed by atoms with Gasteiger partial charge < -0.3 is 9.84 Å². The van der Waals surface area contributed by atoms with Gasteiger partial charge in [-0.15, -0.1) is 0 Å². The minimum absolute atomic E-state index is 0.0303. The monoisotopic (exact) mass is 282 g/mol. The van der Waals surface area contributed by atoms with Crippen LogP contribution in [0, 0.1) is 5.82 Å². The first-order valence-electron chi connectivity index (χ1n) is 5.92. The van der Waals surface area contributed by atoms with Crippen LogP contribution in [0.25, 0.3) is 5.69 Å². The van der Waals surface area contributed by atoms with E-state index in [1.165, 1.54) is 23.9 Å². The average molecular weight is 282 g/mol. The fourth-order valence-corrected chi connectivity index (χ4v) is 2.40. The minimum atomic E-state index is -0.270. The molecule has 0 unspecified atom stereocenters. The van der Waals surface area contributed by atoms with Crippen LogP contribution in [0.1, 0.15) is 0 Å². The van der Waals surface area contributed by atoms with Crippen LogP contribution < -0.4 is 0 Å². The first kappa shape index (κ1) is 14.0. The molecular weight excluding hydrogens is 267 g/mol. The van der Waals surface area contributed by atoms with Gasteiger partial charge in [-0.25, -0.2) is 9.37 Å². The van der Waals surface area contributed by atoms with E-state index in [9.17, 15) is 4.39 Å². The normalized spacial score (nSPS) is 10.8. The number of aliphatic hydroxyl groups excluding tert-OH is 1. The summed E-state index contributed by atoms with van der Waals surface area (Å²) in [7, 11) is 0. The van der Waals surface area contributed by atoms with E-state index in [2.05, 4.69) is 4.98 Å². The van der Waals surface area contributed by atoms with Gasteiger partial charge in [-0.3, -0.25) is 4.57 Å². The Balaban J connectivity index is 1.98. The standard InChI is InChI=1S/C13H15FN2O2S/c14-11-2-1-3-12(10-11)16-5-4-15-13(16)19-9-8-18-7-6-17/h1-5,10,17H,6-9H2. The quantitative estimate of drug-likeness (QED) is 0.624. The van der Waals surface area contributed by atoms with E-state index < -0.39 is 0 Å². The summed E-state index contributed by atoms with van der Waals surface area (Å²) in [4.78, 5) is 4.24. The molecule has 2 aromatic rings. The van der Waals surface area contributed by atoms with Gasteiger partial charge in [0.25, 0.3) is 0 Å². The minimum Gasteiger partial charge on any atom is -0.394 e. The summed E-state index contributed by atoms with van der Waals surface area (Å²) >= 11 is 1.53. The zero-order valence-corrected chi connectivity index (χ0v) is 11.1. The van der Waals surface area contributed by atoms with Crippen molar-refractivity contribution in [2.24, 2.45) is 0 Å². The molecule has 1 heterocycles. The van der Waals surface area contributed by atoms with Gasteiger partial charge in [0.2, 0.25) is 0 Å². The summed E-state index contributed by atoms with van der Waals surface area (Å²) in [6, 6.07) is 6.38. The SMILES string of the molecule is OCCOCCSc1nccn1-c1cccc(F)c1. The van der Waals surface area contributed by atoms with Crippen molar-refractivity contribution >= 4 is 11.8 Å². The highest BCUT2D eigenvalue weighted by Crippen LogP contribution is 2.20. The van der Waals surface area contributed by atoms with Crippen molar-refractivity contribution in [2.45, 2.75) is 5.16 Å². The fourth-order valence-electron chi connectivity index (χ4n) is 1.58. The third-order valence-electron chi connectivity index (χ3n) is 2.39. The van der Waals surface area contributed by atoms with Gasteiger partial charge in [0.1, 0.15) is 5.82 Å². The number of hydrogen-bond donors (Lipinski definition) is 1. The van der Waals surface area contributed by atoms with Crippen molar-refractivity contribution in [1.29, 1.82) is 0 Å². The summed E-state index contributed by atoms with van der Waals surface area (Å²) < 4.78 is 20.2. The van der Waals surface area contributed by atoms with E-state index in [1.807, 2.05) is 10.6 Å². The number of benzene rings is 1. The second kappa shape index (κ2) is 7.28. The van der Waals surface area contributed by atoms with E-state index in [1.54, 1.807) is 18.5 Å². The number of aliphatic hydroxyl groups is 1. The molecule has 0 aliphatic rings. The Morgan fingerprint density at radius 2 is 2.26 bits per heavy atom. The van der Waals surface area contributed by atoms with Crippen LogP contribution in [-0.2, 0) is 4.74 Å². The Hall–Kier alpha value is -1.37. The van der Waals surface area contributed by atoms with Crippen molar-refractivity contribution in [3.8, 4) is 5.69 Å². The average Bonchev–Trinajstić information content (AvgIpc) is 2.87. The maximum Gasteiger partial charge on any atom is 0.172 e. The van der Waals surface area contributed by atoms with E-state index >= 15 is 0 Å². The Morgan fingerprint density at radius 3 is 3.05 bits per heavy atom. The largest absolute Gasteiger partial charge is 0.394 e. The predicted molar refractivity (Wildman–Crippen MR) is 72.2 cm³/mol. The molecule has 19 heavy (non-hydrogen) atoms. The molecule has 1 N–H and O–H groups in total. The molecule has 0 radical (unpaired) electrons. The molecule has 2 rings (SSSR count). The van der Waals surface area contributed by atoms with Gasteiger partial charge in [0.05, 0.1) is 25.5 Å². The fraction of sp³-hybridized carbons (Fsp3) is 0.308. The van der Waals surface area contributed by atoms with Crippen molar-refractivity contribution < 1.29 is 14.2 Å². The van der Waals surface area contributed by atoms with E-state index in [0.29, 0.717) is 13.2 Å². The van der Waals surface area contributed by atoms with Crippen LogP contribution in [0.2, 0.25) is 0 Å². The second-order valence-corrected chi connectivity index (χ2v) is 4.81. The Morgan fingerprint density at radius 1 is 1.37 bits per heavy atom. The Bertz CT molecular complexity index is 519. The zero-order valence-electron chi connectivity index (χ0n) is 10.3. The number of thioether (sulfide) groups is 1. The maximum atomic E-state index is 13.2. The van der Waals surface area contributed by atoms with E-state index in [0.717, 1.165) is 16.6 Å². The van der Waals surface area contributed by atoms with Gasteiger partial charge in [0.15, 0.2) is 5.16 Å². The van der Waals surface area contributed by atoms with Crippen LogP contribution in [0.4, 0.5) is 4.39 Å². The topological polar surface area (TPSA) is 47.3 Å². The molecule has 1 aromatic carbocycles. The lowest BCUT2D eigenvalue weighted by Crippen LogP contribution is -2.03. The lowest BCUT2D eigenvalue weighted by Gasteiger charge is -2.07. The molecule has 1 aromatic heterocycles. The van der Waals surface area contributed by atoms with Crippen molar-refractivity contribution in [1.82, 2.24) is 9.55 Å². The number of rotatable bonds is 7. The third-order valence-corrected chi connectivity index (χ3v) is 3.32. The highest BCUT2D eigenvalue weighted by molar-refractivity contribution is 7.99. The van der Waals surface area contributed by atoms with E-state index in [4.69, 9.17) is 9.84 Å². The molecule has 0 aliphatic heterocycles. The number of aromatic nitrogens is 2. The predicted octanol–water partition coefficient (Wildman–Crippen LogP) is 2.11. The Kier molecular flexibility index (Phi) is 5.38. The molecule has 0 saturated carbocycles. The number of ether oxygens (including phenoxy) is 1. The molecule has 0 atom stereocenters. The number of imidazole rings is 1. The van der Waals surface area contributed by atoms with E-state index in [-0.39, 0.29) is 12.4 Å². The number of hydrogen-bond acceptors (Lipinski definition) is 4. The molecule has 6 heteroatoms. The maximum absolute atomic E-state index is 13.2. The Labute approximate surface area is 115 Å².